The molecule has 1 atom stereocenters. The van der Waals surface area contributed by atoms with Crippen molar-refractivity contribution >= 4 is 56.4 Å². The molecule has 3 aromatic heterocycles. The Morgan fingerprint density at radius 3 is 3.07 bits per heavy atom. The Kier molecular flexibility index (Phi) is 5.39. The van der Waals surface area contributed by atoms with Crippen molar-refractivity contribution in [1.29, 1.82) is 0 Å². The van der Waals surface area contributed by atoms with Gasteiger partial charge in [-0.15, -0.1) is 22.7 Å². The summed E-state index contributed by atoms with van der Waals surface area (Å²) < 4.78 is 0. The average molecular weight is 419 g/mol. The average Bonchev–Trinajstić information content (AvgIpc) is 3.26. The normalized spacial score (nSPS) is 16.4. The van der Waals surface area contributed by atoms with E-state index in [1.54, 1.807) is 27.6 Å². The molecule has 0 aliphatic heterocycles. The van der Waals surface area contributed by atoms with Gasteiger partial charge in [0.05, 0.1) is 17.7 Å². The lowest BCUT2D eigenvalue weighted by molar-refractivity contribution is -0.127. The first-order chi connectivity index (χ1) is 13.0. The first-order valence-corrected chi connectivity index (χ1v) is 11.7. The van der Waals surface area contributed by atoms with Gasteiger partial charge in [-0.2, -0.15) is 0 Å². The third-order valence-corrected chi connectivity index (χ3v) is 7.73. The molecular weight excluding hydrogens is 396 g/mol. The number of amides is 1. The van der Waals surface area contributed by atoms with Gasteiger partial charge in [-0.3, -0.25) is 4.79 Å². The van der Waals surface area contributed by atoms with Crippen molar-refractivity contribution in [2.45, 2.75) is 37.9 Å². The van der Waals surface area contributed by atoms with Gasteiger partial charge in [0.15, 0.2) is 5.16 Å². The van der Waals surface area contributed by atoms with Gasteiger partial charge >= 0.3 is 0 Å². The Labute approximate surface area is 171 Å². The molecule has 0 saturated carbocycles. The smallest absolute Gasteiger partial charge is 0.233 e. The lowest BCUT2D eigenvalue weighted by Crippen LogP contribution is -2.27. The molecule has 142 valence electrons. The molecule has 3 aromatic rings. The van der Waals surface area contributed by atoms with Gasteiger partial charge in [0.25, 0.3) is 0 Å². The predicted molar refractivity (Wildman–Crippen MR) is 115 cm³/mol. The van der Waals surface area contributed by atoms with E-state index >= 15 is 0 Å². The number of aryl methyl sites for hydroxylation is 1. The minimum atomic E-state index is 0.0648. The third kappa shape index (κ3) is 3.97. The van der Waals surface area contributed by atoms with Crippen LogP contribution in [-0.2, 0) is 24.2 Å². The number of carbonyl (C=O) groups is 1. The minimum absolute atomic E-state index is 0.0648. The van der Waals surface area contributed by atoms with Crippen LogP contribution in [0.4, 0.5) is 5.82 Å². The number of nitrogens with zero attached hydrogens (tertiary/aromatic N) is 3. The number of nitrogens with two attached hydrogens (primary N) is 1. The standard InChI is InChI=1S/C19H22N4OS3/c1-11-5-6-13-14(8-11)27-18-16(13)17(20)21-19(22-18)26-10-15(24)23(2)9-12-4-3-7-25-12/h3-4,7,11H,5-6,8-10H2,1-2H3,(H2,20,21,22). The fraction of sp³-hybridized carbons (Fsp3) is 0.421. The zero-order chi connectivity index (χ0) is 19.0. The summed E-state index contributed by atoms with van der Waals surface area (Å²) in [6.45, 7) is 2.93. The molecule has 27 heavy (non-hydrogen) atoms. The van der Waals surface area contributed by atoms with Gasteiger partial charge in [0, 0.05) is 16.8 Å². The summed E-state index contributed by atoms with van der Waals surface area (Å²) in [4.78, 5) is 26.9. The number of rotatable bonds is 5. The van der Waals surface area contributed by atoms with Crippen LogP contribution in [0.1, 0.15) is 28.7 Å². The zero-order valence-corrected chi connectivity index (χ0v) is 17.8. The Bertz CT molecular complexity index is 967. The largest absolute Gasteiger partial charge is 0.383 e. The van der Waals surface area contributed by atoms with E-state index in [-0.39, 0.29) is 5.91 Å². The lowest BCUT2D eigenvalue weighted by atomic mass is 9.89. The fourth-order valence-corrected chi connectivity index (χ4v) is 6.37. The summed E-state index contributed by atoms with van der Waals surface area (Å²) in [7, 11) is 1.83. The first-order valence-electron chi connectivity index (χ1n) is 8.98. The molecule has 5 nitrogen and oxygen atoms in total. The van der Waals surface area contributed by atoms with Gasteiger partial charge < -0.3 is 10.6 Å². The van der Waals surface area contributed by atoms with E-state index in [9.17, 15) is 4.79 Å². The van der Waals surface area contributed by atoms with Crippen molar-refractivity contribution in [3.8, 4) is 0 Å². The van der Waals surface area contributed by atoms with E-state index in [0.29, 0.717) is 29.2 Å². The van der Waals surface area contributed by atoms with Gasteiger partial charge in [-0.05, 0) is 42.2 Å². The third-order valence-electron chi connectivity index (χ3n) is 4.89. The Morgan fingerprint density at radius 1 is 1.44 bits per heavy atom. The molecule has 0 bridgehead atoms. The molecule has 0 saturated heterocycles. The summed E-state index contributed by atoms with van der Waals surface area (Å²) >= 11 is 4.76. The summed E-state index contributed by atoms with van der Waals surface area (Å²) in [5.41, 5.74) is 7.61. The fourth-order valence-electron chi connectivity index (χ4n) is 3.38. The molecule has 1 amide bonds. The van der Waals surface area contributed by atoms with Gasteiger partial charge in [0.1, 0.15) is 10.6 Å². The number of thiophene rings is 2. The monoisotopic (exact) mass is 418 g/mol. The molecule has 1 unspecified atom stereocenters. The van der Waals surface area contributed by atoms with Crippen molar-refractivity contribution in [3.63, 3.8) is 0 Å². The number of nitrogen functional groups attached to an aromatic ring is 1. The topological polar surface area (TPSA) is 72.1 Å². The molecule has 0 spiro atoms. The summed E-state index contributed by atoms with van der Waals surface area (Å²) in [6.07, 6.45) is 3.35. The van der Waals surface area contributed by atoms with Crippen LogP contribution in [0.3, 0.4) is 0 Å². The second-order valence-corrected chi connectivity index (χ2v) is 10.1. The molecule has 1 aliphatic rings. The Morgan fingerprint density at radius 2 is 2.30 bits per heavy atom. The number of aromatic nitrogens is 2. The molecule has 3 heterocycles. The molecule has 4 rings (SSSR count). The van der Waals surface area contributed by atoms with Crippen LogP contribution >= 0.6 is 34.4 Å². The van der Waals surface area contributed by atoms with E-state index < -0.39 is 0 Å². The Balaban J connectivity index is 1.47. The van der Waals surface area contributed by atoms with Gasteiger partial charge in [0.2, 0.25) is 5.91 Å². The molecular formula is C19H22N4OS3. The maximum atomic E-state index is 12.4. The van der Waals surface area contributed by atoms with Crippen LogP contribution in [0.5, 0.6) is 0 Å². The van der Waals surface area contributed by atoms with E-state index in [2.05, 4.69) is 11.9 Å². The summed E-state index contributed by atoms with van der Waals surface area (Å²) in [5.74, 6) is 1.64. The van der Waals surface area contributed by atoms with Crippen LogP contribution in [0.15, 0.2) is 22.7 Å². The van der Waals surface area contributed by atoms with E-state index in [4.69, 9.17) is 10.7 Å². The number of thioether (sulfide) groups is 1. The van der Waals surface area contributed by atoms with Gasteiger partial charge in [-0.1, -0.05) is 24.8 Å². The van der Waals surface area contributed by atoms with Crippen molar-refractivity contribution in [3.05, 3.63) is 32.8 Å². The number of carbonyl (C=O) groups excluding carboxylic acids is 1. The lowest BCUT2D eigenvalue weighted by Gasteiger charge is -2.17. The molecule has 1 aliphatic carbocycles. The number of hydrogen-bond acceptors (Lipinski definition) is 7. The molecule has 2 N–H and O–H groups in total. The van der Waals surface area contributed by atoms with Crippen LogP contribution in [0.25, 0.3) is 10.2 Å². The SMILES string of the molecule is CC1CCc2c(sc3nc(SCC(=O)N(C)Cc4cccs4)nc(N)c23)C1. The van der Waals surface area contributed by atoms with Crippen LogP contribution in [0, 0.1) is 5.92 Å². The van der Waals surface area contributed by atoms with Crippen LogP contribution in [0.2, 0.25) is 0 Å². The van der Waals surface area contributed by atoms with Crippen molar-refractivity contribution < 1.29 is 4.79 Å². The van der Waals surface area contributed by atoms with E-state index in [1.165, 1.54) is 33.5 Å². The summed E-state index contributed by atoms with van der Waals surface area (Å²) in [6, 6.07) is 4.04. The minimum Gasteiger partial charge on any atom is -0.383 e. The quantitative estimate of drug-likeness (QED) is 0.496. The van der Waals surface area contributed by atoms with Gasteiger partial charge in [-0.25, -0.2) is 9.97 Å². The maximum Gasteiger partial charge on any atom is 0.233 e. The predicted octanol–water partition coefficient (Wildman–Crippen LogP) is 4.21. The number of fused-ring (bicyclic) bond motifs is 3. The molecule has 0 fully saturated rings. The number of hydrogen-bond donors (Lipinski definition) is 1. The highest BCUT2D eigenvalue weighted by molar-refractivity contribution is 7.99. The van der Waals surface area contributed by atoms with Crippen molar-refractivity contribution in [2.75, 3.05) is 18.5 Å². The first kappa shape index (κ1) is 18.7. The highest BCUT2D eigenvalue weighted by Gasteiger charge is 2.23. The number of anilines is 1. The molecule has 0 aromatic carbocycles. The second-order valence-electron chi connectivity index (χ2n) is 7.04. The molecule has 8 heteroatoms. The maximum absolute atomic E-state index is 12.4. The van der Waals surface area contributed by atoms with Crippen molar-refractivity contribution in [1.82, 2.24) is 14.9 Å². The molecule has 0 radical (unpaired) electrons. The van der Waals surface area contributed by atoms with E-state index in [1.807, 2.05) is 24.6 Å². The van der Waals surface area contributed by atoms with Crippen LogP contribution < -0.4 is 5.73 Å². The second kappa shape index (κ2) is 7.77. The van der Waals surface area contributed by atoms with Crippen LogP contribution in [-0.4, -0.2) is 33.6 Å². The van der Waals surface area contributed by atoms with Crippen molar-refractivity contribution in [2.24, 2.45) is 5.92 Å². The highest BCUT2D eigenvalue weighted by Crippen LogP contribution is 2.39. The zero-order valence-electron chi connectivity index (χ0n) is 15.4. The van der Waals surface area contributed by atoms with E-state index in [0.717, 1.165) is 23.1 Å². The Hall–Kier alpha value is -1.64. The highest BCUT2D eigenvalue weighted by atomic mass is 32.2. The summed E-state index contributed by atoms with van der Waals surface area (Å²) in [5, 5.41) is 3.65.